The predicted octanol–water partition coefficient (Wildman–Crippen LogP) is 0.525. The van der Waals surface area contributed by atoms with Crippen molar-refractivity contribution in [2.24, 2.45) is 0 Å². The fourth-order valence-corrected chi connectivity index (χ4v) is 0.943. The Kier molecular flexibility index (Phi) is 7.90. The highest BCUT2D eigenvalue weighted by Crippen LogP contribution is 2.01. The standard InChI is InChI=1S/C10H17NO3/c1-4-5-8-11-9(12)6-7-10(13-2)14-3/h1,10H,5-8H2,2-3H3,(H,11,12). The van der Waals surface area contributed by atoms with E-state index >= 15 is 0 Å². The summed E-state index contributed by atoms with van der Waals surface area (Å²) < 4.78 is 9.88. The molecule has 0 saturated heterocycles. The van der Waals surface area contributed by atoms with Gasteiger partial charge in [-0.1, -0.05) is 0 Å². The molecular weight excluding hydrogens is 182 g/mol. The van der Waals surface area contributed by atoms with Crippen molar-refractivity contribution in [3.05, 3.63) is 0 Å². The van der Waals surface area contributed by atoms with Gasteiger partial charge in [-0.15, -0.1) is 12.3 Å². The van der Waals surface area contributed by atoms with Gasteiger partial charge >= 0.3 is 0 Å². The van der Waals surface area contributed by atoms with Gasteiger partial charge in [0.05, 0.1) is 0 Å². The van der Waals surface area contributed by atoms with Crippen LogP contribution < -0.4 is 5.32 Å². The van der Waals surface area contributed by atoms with E-state index in [0.29, 0.717) is 25.8 Å². The van der Waals surface area contributed by atoms with E-state index in [9.17, 15) is 4.79 Å². The van der Waals surface area contributed by atoms with Gasteiger partial charge in [-0.2, -0.15) is 0 Å². The van der Waals surface area contributed by atoms with Gasteiger partial charge in [0, 0.05) is 40.0 Å². The molecule has 0 aliphatic rings. The van der Waals surface area contributed by atoms with Crippen molar-refractivity contribution in [1.82, 2.24) is 5.32 Å². The third kappa shape index (κ3) is 6.46. The number of nitrogens with one attached hydrogen (secondary N) is 1. The van der Waals surface area contributed by atoms with Crippen molar-refractivity contribution < 1.29 is 14.3 Å². The lowest BCUT2D eigenvalue weighted by atomic mass is 10.3. The minimum Gasteiger partial charge on any atom is -0.356 e. The molecule has 0 aromatic heterocycles. The molecule has 80 valence electrons. The molecule has 4 heteroatoms. The minimum absolute atomic E-state index is 0.0284. The molecule has 0 fully saturated rings. The molecule has 0 aromatic carbocycles. The van der Waals surface area contributed by atoms with Crippen LogP contribution in [0.15, 0.2) is 0 Å². The minimum atomic E-state index is -0.312. The topological polar surface area (TPSA) is 47.6 Å². The molecule has 0 unspecified atom stereocenters. The van der Waals surface area contributed by atoms with Crippen LogP contribution in [-0.2, 0) is 14.3 Å². The number of terminal acetylenes is 1. The zero-order chi connectivity index (χ0) is 10.8. The summed E-state index contributed by atoms with van der Waals surface area (Å²) in [4.78, 5) is 11.2. The van der Waals surface area contributed by atoms with Gasteiger partial charge in [-0.05, 0) is 0 Å². The lowest BCUT2D eigenvalue weighted by molar-refractivity contribution is -0.128. The summed E-state index contributed by atoms with van der Waals surface area (Å²) in [5.41, 5.74) is 0. The molecule has 0 aliphatic heterocycles. The van der Waals surface area contributed by atoms with Crippen molar-refractivity contribution in [3.63, 3.8) is 0 Å². The van der Waals surface area contributed by atoms with E-state index in [-0.39, 0.29) is 12.2 Å². The van der Waals surface area contributed by atoms with Gasteiger partial charge < -0.3 is 14.8 Å². The molecular formula is C10H17NO3. The van der Waals surface area contributed by atoms with Crippen LogP contribution in [0.25, 0.3) is 0 Å². The molecule has 1 amide bonds. The van der Waals surface area contributed by atoms with Gasteiger partial charge in [-0.25, -0.2) is 0 Å². The van der Waals surface area contributed by atoms with Crippen LogP contribution in [0.5, 0.6) is 0 Å². The van der Waals surface area contributed by atoms with Crippen molar-refractivity contribution in [2.45, 2.75) is 25.6 Å². The first-order chi connectivity index (χ1) is 6.74. The molecule has 0 spiro atoms. The number of hydrogen-bond acceptors (Lipinski definition) is 3. The largest absolute Gasteiger partial charge is 0.356 e. The van der Waals surface area contributed by atoms with Gasteiger partial charge in [0.25, 0.3) is 0 Å². The Bertz CT molecular complexity index is 194. The van der Waals surface area contributed by atoms with Crippen LogP contribution in [0.3, 0.4) is 0 Å². The lowest BCUT2D eigenvalue weighted by Crippen LogP contribution is -2.26. The van der Waals surface area contributed by atoms with Crippen LogP contribution in [-0.4, -0.2) is 33.0 Å². The van der Waals surface area contributed by atoms with Crippen LogP contribution in [0, 0.1) is 12.3 Å². The summed E-state index contributed by atoms with van der Waals surface area (Å²) in [7, 11) is 3.09. The average molecular weight is 199 g/mol. The summed E-state index contributed by atoms with van der Waals surface area (Å²) in [6, 6.07) is 0. The molecule has 0 aliphatic carbocycles. The number of rotatable bonds is 7. The second kappa shape index (κ2) is 8.54. The maximum Gasteiger partial charge on any atom is 0.220 e. The summed E-state index contributed by atoms with van der Waals surface area (Å²) in [5, 5.41) is 2.69. The lowest BCUT2D eigenvalue weighted by Gasteiger charge is -2.12. The maximum absolute atomic E-state index is 11.2. The number of hydrogen-bond donors (Lipinski definition) is 1. The smallest absolute Gasteiger partial charge is 0.220 e. The molecule has 0 aromatic rings. The van der Waals surface area contributed by atoms with Crippen molar-refractivity contribution >= 4 is 5.91 Å². The number of carbonyl (C=O) groups is 1. The van der Waals surface area contributed by atoms with Gasteiger partial charge in [-0.3, -0.25) is 4.79 Å². The zero-order valence-corrected chi connectivity index (χ0v) is 8.71. The normalized spacial score (nSPS) is 9.86. The van der Waals surface area contributed by atoms with Crippen LogP contribution >= 0.6 is 0 Å². The summed E-state index contributed by atoms with van der Waals surface area (Å²) in [6.45, 7) is 0.528. The Morgan fingerprint density at radius 3 is 2.64 bits per heavy atom. The number of carbonyl (C=O) groups excluding carboxylic acids is 1. The highest BCUT2D eigenvalue weighted by molar-refractivity contribution is 5.75. The van der Waals surface area contributed by atoms with E-state index in [0.717, 1.165) is 0 Å². The molecule has 14 heavy (non-hydrogen) atoms. The zero-order valence-electron chi connectivity index (χ0n) is 8.71. The van der Waals surface area contributed by atoms with Gasteiger partial charge in [0.15, 0.2) is 6.29 Å². The van der Waals surface area contributed by atoms with Gasteiger partial charge in [0.1, 0.15) is 0 Å². The molecule has 0 atom stereocenters. The molecule has 0 saturated carbocycles. The van der Waals surface area contributed by atoms with Crippen LogP contribution in [0.4, 0.5) is 0 Å². The molecule has 0 bridgehead atoms. The Morgan fingerprint density at radius 1 is 1.50 bits per heavy atom. The second-order valence-corrected chi connectivity index (χ2v) is 2.74. The summed E-state index contributed by atoms with van der Waals surface area (Å²) >= 11 is 0. The first-order valence-corrected chi connectivity index (χ1v) is 4.50. The number of methoxy groups -OCH3 is 2. The summed E-state index contributed by atoms with van der Waals surface area (Å²) in [5.74, 6) is 2.42. The molecule has 0 heterocycles. The molecule has 1 N–H and O–H groups in total. The quantitative estimate of drug-likeness (QED) is 0.369. The van der Waals surface area contributed by atoms with E-state index in [2.05, 4.69) is 11.2 Å². The second-order valence-electron chi connectivity index (χ2n) is 2.74. The SMILES string of the molecule is C#CCCNC(=O)CCC(OC)OC. The first kappa shape index (κ1) is 12.9. The van der Waals surface area contributed by atoms with E-state index < -0.39 is 0 Å². The van der Waals surface area contributed by atoms with Crippen molar-refractivity contribution in [3.8, 4) is 12.3 Å². The number of amides is 1. The van der Waals surface area contributed by atoms with Crippen LogP contribution in [0.1, 0.15) is 19.3 Å². The molecule has 4 nitrogen and oxygen atoms in total. The van der Waals surface area contributed by atoms with Crippen molar-refractivity contribution in [1.29, 1.82) is 0 Å². The van der Waals surface area contributed by atoms with Crippen molar-refractivity contribution in [2.75, 3.05) is 20.8 Å². The molecule has 0 radical (unpaired) electrons. The van der Waals surface area contributed by atoms with Crippen LogP contribution in [0.2, 0.25) is 0 Å². The highest BCUT2D eigenvalue weighted by Gasteiger charge is 2.08. The Balaban J connectivity index is 3.48. The van der Waals surface area contributed by atoms with Gasteiger partial charge in [0.2, 0.25) is 5.91 Å². The predicted molar refractivity (Wildman–Crippen MR) is 53.5 cm³/mol. The average Bonchev–Trinajstić information content (AvgIpc) is 2.20. The highest BCUT2D eigenvalue weighted by atomic mass is 16.7. The number of ether oxygens (including phenoxy) is 2. The van der Waals surface area contributed by atoms with E-state index in [1.165, 1.54) is 0 Å². The molecule has 0 rings (SSSR count). The maximum atomic E-state index is 11.2. The fraction of sp³-hybridized carbons (Fsp3) is 0.700. The fourth-order valence-electron chi connectivity index (χ4n) is 0.943. The summed E-state index contributed by atoms with van der Waals surface area (Å²) in [6.07, 6.45) is 6.22. The Morgan fingerprint density at radius 2 is 2.14 bits per heavy atom. The monoisotopic (exact) mass is 199 g/mol. The Labute approximate surface area is 85.0 Å². The Hall–Kier alpha value is -1.05. The third-order valence-corrected chi connectivity index (χ3v) is 1.72. The third-order valence-electron chi connectivity index (χ3n) is 1.72. The van der Waals surface area contributed by atoms with E-state index in [1.807, 2.05) is 0 Å². The van der Waals surface area contributed by atoms with E-state index in [1.54, 1.807) is 14.2 Å². The first-order valence-electron chi connectivity index (χ1n) is 4.50. The van der Waals surface area contributed by atoms with E-state index in [4.69, 9.17) is 15.9 Å².